The van der Waals surface area contributed by atoms with Crippen LogP contribution >= 0.6 is 0 Å². The van der Waals surface area contributed by atoms with Gasteiger partial charge in [0.05, 0.1) is 30.4 Å². The van der Waals surface area contributed by atoms with Crippen LogP contribution in [0.15, 0.2) is 65.2 Å². The smallest absolute Gasteiger partial charge is 0.280 e. The number of hydrogen-bond donors (Lipinski definition) is 4. The van der Waals surface area contributed by atoms with E-state index in [4.69, 9.17) is 25.5 Å². The first kappa shape index (κ1) is 46.4. The van der Waals surface area contributed by atoms with Crippen molar-refractivity contribution in [3.05, 3.63) is 94.7 Å². The van der Waals surface area contributed by atoms with E-state index in [1.54, 1.807) is 52.9 Å². The lowest BCUT2D eigenvalue weighted by atomic mass is 10.1. The van der Waals surface area contributed by atoms with Crippen molar-refractivity contribution in [3.8, 4) is 11.5 Å². The van der Waals surface area contributed by atoms with Gasteiger partial charge in [0.1, 0.15) is 34.0 Å². The fourth-order valence-corrected chi connectivity index (χ4v) is 7.35. The van der Waals surface area contributed by atoms with Crippen LogP contribution in [0.5, 0.6) is 11.5 Å². The molecule has 7 amide bonds. The van der Waals surface area contributed by atoms with Gasteiger partial charge < -0.3 is 39.5 Å². The van der Waals surface area contributed by atoms with Gasteiger partial charge in [0, 0.05) is 75.5 Å². The van der Waals surface area contributed by atoms with Gasteiger partial charge in [-0.15, -0.1) is 0 Å². The number of allylic oxidation sites excluding steroid dienone is 2. The molecule has 6 N–H and O–H groups in total. The number of primary amides is 2. The van der Waals surface area contributed by atoms with Crippen molar-refractivity contribution in [2.45, 2.75) is 53.2 Å². The summed E-state index contributed by atoms with van der Waals surface area (Å²) in [5, 5.41) is 13.8. The second-order valence-electron chi connectivity index (χ2n) is 15.3. The number of imidazole rings is 2. The molecule has 0 spiro atoms. The van der Waals surface area contributed by atoms with E-state index in [1.165, 1.54) is 42.3 Å². The molecule has 0 unspecified atom stereocenters. The van der Waals surface area contributed by atoms with E-state index in [9.17, 15) is 33.6 Å². The Balaban J connectivity index is 1.18. The molecule has 5 heterocycles. The van der Waals surface area contributed by atoms with Gasteiger partial charge in [-0.25, -0.2) is 9.97 Å². The van der Waals surface area contributed by atoms with Crippen LogP contribution in [0.1, 0.15) is 72.9 Å². The third-order valence-electron chi connectivity index (χ3n) is 10.7. The lowest BCUT2D eigenvalue weighted by molar-refractivity contribution is -0.138. The molecule has 0 atom stereocenters. The third-order valence-corrected chi connectivity index (χ3v) is 10.7. The predicted molar refractivity (Wildman–Crippen MR) is 240 cm³/mol. The molecular weight excluding hydrogens is 871 g/mol. The van der Waals surface area contributed by atoms with Gasteiger partial charge in [-0.1, -0.05) is 17.3 Å². The zero-order valence-corrected chi connectivity index (χ0v) is 37.2. The van der Waals surface area contributed by atoms with Crippen LogP contribution < -0.4 is 31.6 Å². The Bertz CT molecular complexity index is 3010. The molecule has 4 aromatic heterocycles. The summed E-state index contributed by atoms with van der Waals surface area (Å²) in [5.74, 6) is -2.75. The summed E-state index contributed by atoms with van der Waals surface area (Å²) >= 11 is 0. The first-order valence-electron chi connectivity index (χ1n) is 20.9. The molecule has 23 heteroatoms. The molecule has 1 aliphatic rings. The maximum Gasteiger partial charge on any atom is 0.280 e. The fraction of sp³-hybridized carbons (Fsp3) is 0.295. The number of methoxy groups -OCH3 is 1. The topological polar surface area (TPSA) is 300 Å². The quantitative estimate of drug-likeness (QED) is 0.0487. The highest BCUT2D eigenvalue weighted by molar-refractivity contribution is 6.13. The number of benzene rings is 2. The van der Waals surface area contributed by atoms with E-state index in [0.717, 1.165) is 17.1 Å². The maximum absolute atomic E-state index is 13.7. The van der Waals surface area contributed by atoms with Gasteiger partial charge in [-0.3, -0.25) is 53.8 Å². The molecule has 0 aliphatic carbocycles. The fourth-order valence-electron chi connectivity index (χ4n) is 7.35. The molecule has 2 aromatic carbocycles. The number of aryl methyl sites for hydroxylation is 3. The van der Waals surface area contributed by atoms with E-state index in [1.807, 2.05) is 6.92 Å². The number of carbonyl (C=O) groups excluding carboxylic acids is 7. The van der Waals surface area contributed by atoms with Gasteiger partial charge >= 0.3 is 0 Å². The summed E-state index contributed by atoms with van der Waals surface area (Å²) in [7, 11) is 3.02. The minimum atomic E-state index is -0.761. The van der Waals surface area contributed by atoms with E-state index < -0.39 is 35.4 Å². The number of nitrogens with one attached hydrogen (secondary N) is 2. The Morgan fingerprint density at radius 3 is 1.96 bits per heavy atom. The number of nitrogens with two attached hydrogens (primary N) is 2. The minimum Gasteiger partial charge on any atom is -0.494 e. The molecule has 23 nitrogen and oxygen atoms in total. The largest absolute Gasteiger partial charge is 0.494 e. The monoisotopic (exact) mass is 917 g/mol. The molecule has 7 rings (SSSR count). The zero-order chi connectivity index (χ0) is 48.1. The summed E-state index contributed by atoms with van der Waals surface area (Å²) in [6.07, 6.45) is 6.12. The Morgan fingerprint density at radius 2 is 1.40 bits per heavy atom. The molecular formula is C44H47N13O10. The average Bonchev–Trinajstić information content (AvgIpc) is 4.13. The summed E-state index contributed by atoms with van der Waals surface area (Å²) in [6.45, 7) is 6.12. The number of imide groups is 1. The number of amides is 7. The van der Waals surface area contributed by atoms with Crippen LogP contribution in [0.25, 0.3) is 22.1 Å². The van der Waals surface area contributed by atoms with E-state index in [2.05, 4.69) is 30.9 Å². The maximum atomic E-state index is 13.7. The highest BCUT2D eigenvalue weighted by Crippen LogP contribution is 2.33. The van der Waals surface area contributed by atoms with Crippen LogP contribution in [0, 0.1) is 13.8 Å². The second-order valence-corrected chi connectivity index (χ2v) is 15.3. The summed E-state index contributed by atoms with van der Waals surface area (Å²) in [5.41, 5.74) is 13.9. The first-order valence-corrected chi connectivity index (χ1v) is 20.9. The molecule has 6 aromatic rings. The standard InChI is InChI=1S/C44H47N13O10/c1-6-57-31(18-24(2)51-57)42(64)50-44-47-28-20-26(39(45)61)22-32(65-5)37(28)55(44)14-7-8-15-56-38-29(48-43(56)49-41(63)30-19-25(3)67-52-30)21-27(40(46)62)23-33(38)66-17-9-13-53(4)34(58)12-16-54-35(59)10-11-36(54)60/h7-8,10-11,18-23H,6,9,12-17H2,1-5H3,(H2,45,61)(H2,46,62)(H,47,50,64)(H,48,49,63)/b8-7+. The molecule has 0 bridgehead atoms. The van der Waals surface area contributed by atoms with Crippen molar-refractivity contribution in [2.24, 2.45) is 11.5 Å². The van der Waals surface area contributed by atoms with Crippen molar-refractivity contribution < 1.29 is 47.6 Å². The molecule has 1 aliphatic heterocycles. The Labute approximate surface area is 381 Å². The van der Waals surface area contributed by atoms with Gasteiger partial charge in [0.2, 0.25) is 29.6 Å². The molecule has 0 fully saturated rings. The highest BCUT2D eigenvalue weighted by Gasteiger charge is 2.26. The molecule has 0 saturated carbocycles. The number of anilines is 2. The van der Waals surface area contributed by atoms with Crippen LogP contribution in [-0.2, 0) is 34.0 Å². The van der Waals surface area contributed by atoms with Gasteiger partial charge in [-0.2, -0.15) is 5.10 Å². The molecule has 348 valence electrons. The van der Waals surface area contributed by atoms with Crippen LogP contribution in [0.2, 0.25) is 0 Å². The Morgan fingerprint density at radius 1 is 0.821 bits per heavy atom. The molecule has 0 saturated heterocycles. The first-order chi connectivity index (χ1) is 32.1. The summed E-state index contributed by atoms with van der Waals surface area (Å²) < 4.78 is 21.9. The predicted octanol–water partition coefficient (Wildman–Crippen LogP) is 2.72. The van der Waals surface area contributed by atoms with Crippen molar-refractivity contribution in [1.29, 1.82) is 0 Å². The van der Waals surface area contributed by atoms with Crippen molar-refractivity contribution >= 4 is 75.3 Å². The number of carbonyl (C=O) groups is 7. The Kier molecular flexibility index (Phi) is 13.6. The van der Waals surface area contributed by atoms with Crippen molar-refractivity contribution in [1.82, 2.24) is 43.8 Å². The Hall–Kier alpha value is -8.63. The van der Waals surface area contributed by atoms with Crippen LogP contribution in [-0.4, -0.2) is 119 Å². The van der Waals surface area contributed by atoms with E-state index in [-0.39, 0.29) is 90.8 Å². The van der Waals surface area contributed by atoms with Crippen LogP contribution in [0.3, 0.4) is 0 Å². The van der Waals surface area contributed by atoms with Gasteiger partial charge in [0.15, 0.2) is 5.69 Å². The number of hydrogen-bond acceptors (Lipinski definition) is 14. The number of fused-ring (bicyclic) bond motifs is 2. The highest BCUT2D eigenvalue weighted by atomic mass is 16.5. The lowest BCUT2D eigenvalue weighted by Crippen LogP contribution is -2.36. The number of ether oxygens (including phenoxy) is 2. The van der Waals surface area contributed by atoms with Gasteiger partial charge in [0.25, 0.3) is 23.6 Å². The SMILES string of the molecule is CCn1nc(C)cc1C(=O)Nc1nc2cc(C(N)=O)cc(OC)c2n1C/C=C/Cn1c(NC(=O)c2cc(C)on2)nc2cc(C(N)=O)cc(OCCCN(C)C(=O)CCN3C(=O)C=CC3=O)c21. The molecule has 0 radical (unpaired) electrons. The third kappa shape index (κ3) is 10.0. The minimum absolute atomic E-state index is 0.0120. The van der Waals surface area contributed by atoms with Crippen molar-refractivity contribution in [3.63, 3.8) is 0 Å². The number of nitrogens with zero attached hydrogens (tertiary/aromatic N) is 9. The van der Waals surface area contributed by atoms with Crippen LogP contribution in [0.4, 0.5) is 11.9 Å². The van der Waals surface area contributed by atoms with Gasteiger partial charge in [-0.05, 0) is 57.5 Å². The molecule has 67 heavy (non-hydrogen) atoms. The normalized spacial score (nSPS) is 12.5. The summed E-state index contributed by atoms with van der Waals surface area (Å²) in [4.78, 5) is 100. The van der Waals surface area contributed by atoms with E-state index in [0.29, 0.717) is 46.7 Å². The average molecular weight is 918 g/mol. The second kappa shape index (κ2) is 19.6. The zero-order valence-electron chi connectivity index (χ0n) is 37.2. The number of rotatable bonds is 20. The summed E-state index contributed by atoms with van der Waals surface area (Å²) in [6, 6.07) is 9.00. The van der Waals surface area contributed by atoms with E-state index >= 15 is 0 Å². The number of aromatic nitrogens is 7. The van der Waals surface area contributed by atoms with Crippen molar-refractivity contribution in [2.75, 3.05) is 44.5 Å². The lowest BCUT2D eigenvalue weighted by Gasteiger charge is -2.19.